The van der Waals surface area contributed by atoms with E-state index in [0.717, 1.165) is 11.8 Å². The molecule has 1 aliphatic heterocycles. The lowest BCUT2D eigenvalue weighted by molar-refractivity contribution is -0.146. The van der Waals surface area contributed by atoms with Gasteiger partial charge in [-0.15, -0.1) is 0 Å². The van der Waals surface area contributed by atoms with Crippen LogP contribution in [0.5, 0.6) is 0 Å². The Bertz CT molecular complexity index is 1190. The van der Waals surface area contributed by atoms with Crippen LogP contribution in [0, 0.1) is 24.6 Å². The Hall–Kier alpha value is -4.19. The van der Waals surface area contributed by atoms with Crippen LogP contribution in [0.3, 0.4) is 0 Å². The zero-order chi connectivity index (χ0) is 23.3. The zero-order valence-electron chi connectivity index (χ0n) is 17.5. The first-order valence-corrected chi connectivity index (χ1v) is 9.80. The molecule has 1 aromatic heterocycles. The molecule has 0 radical (unpaired) electrons. The number of rotatable bonds is 6. The van der Waals surface area contributed by atoms with E-state index in [4.69, 9.17) is 4.74 Å². The van der Waals surface area contributed by atoms with Gasteiger partial charge in [0.1, 0.15) is 11.9 Å². The van der Waals surface area contributed by atoms with Gasteiger partial charge >= 0.3 is 5.97 Å². The molecular formula is C23H21FN4O4. The first-order chi connectivity index (χ1) is 15.3. The molecule has 0 fully saturated rings. The maximum absolute atomic E-state index is 14.7. The summed E-state index contributed by atoms with van der Waals surface area (Å²) >= 11 is 0. The summed E-state index contributed by atoms with van der Waals surface area (Å²) in [6, 6.07) is 1.61. The standard InChI is InChI=1S/C23H21FN4O4/c1-4-20(29)27-18(23(31)32-5-2)8-6-7-14-16(24)9-10-17-21(14)15(22(30)28-17)11-19-13(3)25-12-26-19/h4,9-12,18H,1,5,8H2,2-3H3,(H,25,26)(H,27,29)(H,28,30)/b15-11-. The van der Waals surface area contributed by atoms with Crippen molar-refractivity contribution in [2.24, 2.45) is 0 Å². The summed E-state index contributed by atoms with van der Waals surface area (Å²) < 4.78 is 19.7. The number of aromatic amines is 1. The molecule has 0 saturated carbocycles. The predicted octanol–water partition coefficient (Wildman–Crippen LogP) is 2.33. The third kappa shape index (κ3) is 4.75. The molecule has 1 atom stereocenters. The molecule has 2 aromatic rings. The quantitative estimate of drug-likeness (QED) is 0.365. The van der Waals surface area contributed by atoms with E-state index < -0.39 is 29.6 Å². The van der Waals surface area contributed by atoms with Gasteiger partial charge in [0.15, 0.2) is 0 Å². The van der Waals surface area contributed by atoms with Crippen molar-refractivity contribution in [2.75, 3.05) is 11.9 Å². The number of aryl methyl sites for hydroxylation is 1. The second-order valence-electron chi connectivity index (χ2n) is 6.79. The number of esters is 1. The Balaban J connectivity index is 1.97. The van der Waals surface area contributed by atoms with Crippen LogP contribution in [0.1, 0.15) is 35.9 Å². The molecule has 0 saturated heterocycles. The monoisotopic (exact) mass is 436 g/mol. The topological polar surface area (TPSA) is 113 Å². The number of nitrogens with one attached hydrogen (secondary N) is 3. The minimum absolute atomic E-state index is 0.00190. The van der Waals surface area contributed by atoms with Crippen molar-refractivity contribution in [1.29, 1.82) is 0 Å². The molecule has 0 spiro atoms. The number of aromatic nitrogens is 2. The lowest BCUT2D eigenvalue weighted by Crippen LogP contribution is -2.40. The number of nitrogens with zero attached hydrogens (tertiary/aromatic N) is 1. The van der Waals surface area contributed by atoms with E-state index in [1.807, 2.05) is 0 Å². The predicted molar refractivity (Wildman–Crippen MR) is 116 cm³/mol. The molecule has 0 aliphatic carbocycles. The number of hydrogen-bond acceptors (Lipinski definition) is 5. The Kier molecular flexibility index (Phi) is 6.85. The minimum Gasteiger partial charge on any atom is -0.464 e. The van der Waals surface area contributed by atoms with Gasteiger partial charge in [0, 0.05) is 17.7 Å². The Morgan fingerprint density at radius 2 is 2.19 bits per heavy atom. The summed E-state index contributed by atoms with van der Waals surface area (Å²) in [5.41, 5.74) is 2.24. The molecule has 0 bridgehead atoms. The normalized spacial score (nSPS) is 14.1. The van der Waals surface area contributed by atoms with Crippen molar-refractivity contribution in [1.82, 2.24) is 15.3 Å². The van der Waals surface area contributed by atoms with Crippen molar-refractivity contribution in [3.8, 4) is 11.8 Å². The number of H-pyrrole nitrogens is 1. The van der Waals surface area contributed by atoms with Gasteiger partial charge < -0.3 is 20.4 Å². The third-order valence-electron chi connectivity index (χ3n) is 4.66. The lowest BCUT2D eigenvalue weighted by Gasteiger charge is -2.13. The number of halogens is 1. The van der Waals surface area contributed by atoms with Gasteiger partial charge in [-0.3, -0.25) is 9.59 Å². The number of benzene rings is 1. The Labute approximate surface area is 184 Å². The molecule has 32 heavy (non-hydrogen) atoms. The van der Waals surface area contributed by atoms with Gasteiger partial charge in [0.05, 0.1) is 35.5 Å². The molecular weight excluding hydrogens is 415 g/mol. The van der Waals surface area contributed by atoms with Crippen LogP contribution in [-0.4, -0.2) is 40.4 Å². The highest BCUT2D eigenvalue weighted by atomic mass is 19.1. The van der Waals surface area contributed by atoms with E-state index in [1.54, 1.807) is 19.9 Å². The number of carbonyl (C=O) groups excluding carboxylic acids is 3. The molecule has 2 amide bonds. The van der Waals surface area contributed by atoms with Gasteiger partial charge in [0.25, 0.3) is 5.91 Å². The number of amides is 2. The van der Waals surface area contributed by atoms with E-state index in [1.165, 1.54) is 18.5 Å². The second-order valence-corrected chi connectivity index (χ2v) is 6.79. The largest absolute Gasteiger partial charge is 0.464 e. The van der Waals surface area contributed by atoms with Crippen molar-refractivity contribution < 1.29 is 23.5 Å². The lowest BCUT2D eigenvalue weighted by atomic mass is 9.98. The first kappa shape index (κ1) is 22.5. The van der Waals surface area contributed by atoms with Crippen molar-refractivity contribution >= 4 is 35.1 Å². The van der Waals surface area contributed by atoms with E-state index in [9.17, 15) is 18.8 Å². The summed E-state index contributed by atoms with van der Waals surface area (Å²) in [6.45, 7) is 6.91. The first-order valence-electron chi connectivity index (χ1n) is 9.80. The number of fused-ring (bicyclic) bond motifs is 1. The van der Waals surface area contributed by atoms with Gasteiger partial charge in [-0.2, -0.15) is 0 Å². The van der Waals surface area contributed by atoms with Crippen molar-refractivity contribution in [3.05, 3.63) is 59.4 Å². The second kappa shape index (κ2) is 9.75. The molecule has 8 nitrogen and oxygen atoms in total. The average molecular weight is 436 g/mol. The van der Waals surface area contributed by atoms with Crippen LogP contribution in [0.25, 0.3) is 11.6 Å². The summed E-state index contributed by atoms with van der Waals surface area (Å²) in [7, 11) is 0. The highest BCUT2D eigenvalue weighted by molar-refractivity contribution is 6.35. The van der Waals surface area contributed by atoms with Crippen LogP contribution in [-0.2, 0) is 19.1 Å². The fourth-order valence-corrected chi connectivity index (χ4v) is 3.08. The highest BCUT2D eigenvalue weighted by Crippen LogP contribution is 2.36. The number of ether oxygens (including phenoxy) is 1. The number of hydrogen-bond donors (Lipinski definition) is 3. The van der Waals surface area contributed by atoms with Crippen LogP contribution >= 0.6 is 0 Å². The molecule has 3 rings (SSSR count). The van der Waals surface area contributed by atoms with Gasteiger partial charge in [-0.05, 0) is 38.1 Å². The van der Waals surface area contributed by atoms with Gasteiger partial charge in [-0.25, -0.2) is 14.2 Å². The van der Waals surface area contributed by atoms with E-state index in [-0.39, 0.29) is 24.2 Å². The number of imidazole rings is 1. The van der Waals surface area contributed by atoms with Crippen molar-refractivity contribution in [3.63, 3.8) is 0 Å². The van der Waals surface area contributed by atoms with Crippen molar-refractivity contribution in [2.45, 2.75) is 26.3 Å². The summed E-state index contributed by atoms with van der Waals surface area (Å²) in [5.74, 6) is 3.17. The van der Waals surface area contributed by atoms with Gasteiger partial charge in [-0.1, -0.05) is 18.4 Å². The summed E-state index contributed by atoms with van der Waals surface area (Å²) in [6.07, 6.45) is 3.95. The van der Waals surface area contributed by atoms with E-state index >= 15 is 0 Å². The van der Waals surface area contributed by atoms with Crippen LogP contribution < -0.4 is 10.6 Å². The molecule has 164 valence electrons. The van der Waals surface area contributed by atoms with Crippen LogP contribution in [0.4, 0.5) is 10.1 Å². The molecule has 1 unspecified atom stereocenters. The molecule has 2 heterocycles. The van der Waals surface area contributed by atoms with E-state index in [2.05, 4.69) is 39.0 Å². The maximum Gasteiger partial charge on any atom is 0.329 e. The average Bonchev–Trinajstić information content (AvgIpc) is 3.31. The summed E-state index contributed by atoms with van der Waals surface area (Å²) in [4.78, 5) is 43.3. The fourth-order valence-electron chi connectivity index (χ4n) is 3.08. The SMILES string of the molecule is C=CC(=O)NC(CC#Cc1c(F)ccc2c1/C(=C/c1nc[nH]c1C)C(=O)N2)C(=O)OCC. The molecule has 9 heteroatoms. The van der Waals surface area contributed by atoms with Crippen LogP contribution in [0.2, 0.25) is 0 Å². The Morgan fingerprint density at radius 1 is 1.41 bits per heavy atom. The molecule has 1 aromatic carbocycles. The third-order valence-corrected chi connectivity index (χ3v) is 4.66. The Morgan fingerprint density at radius 3 is 2.84 bits per heavy atom. The summed E-state index contributed by atoms with van der Waals surface area (Å²) in [5, 5.41) is 5.13. The highest BCUT2D eigenvalue weighted by Gasteiger charge is 2.29. The minimum atomic E-state index is -1.05. The number of anilines is 1. The molecule has 1 aliphatic rings. The number of carbonyl (C=O) groups is 3. The fraction of sp³-hybridized carbons (Fsp3) is 0.217. The molecule has 3 N–H and O–H groups in total. The zero-order valence-corrected chi connectivity index (χ0v) is 17.5. The maximum atomic E-state index is 14.7. The van der Waals surface area contributed by atoms with Gasteiger partial charge in [0.2, 0.25) is 5.91 Å². The van der Waals surface area contributed by atoms with Crippen LogP contribution in [0.15, 0.2) is 31.1 Å². The van der Waals surface area contributed by atoms with E-state index in [0.29, 0.717) is 16.9 Å². The smallest absolute Gasteiger partial charge is 0.329 e.